The van der Waals surface area contributed by atoms with Gasteiger partial charge in [-0.1, -0.05) is 0 Å². The minimum atomic E-state index is 0.180. The number of carbonyl (C=O) groups is 1. The van der Waals surface area contributed by atoms with Crippen LogP contribution >= 0.6 is 11.3 Å². The van der Waals surface area contributed by atoms with E-state index < -0.39 is 0 Å². The van der Waals surface area contributed by atoms with Crippen molar-refractivity contribution in [3.8, 4) is 0 Å². The van der Waals surface area contributed by atoms with Crippen LogP contribution in [-0.2, 0) is 11.3 Å². The molecule has 1 saturated carbocycles. The standard InChI is InChI=1S/C16H18N2OS/c1-11-3-4-15(20-11)13-9-14(13)16(19)18(2)10-12-5-7-17-8-6-12/h3-8,13-14H,9-10H2,1-2H3/t13-,14+/m1/s1. The molecule has 3 rings (SSSR count). The summed E-state index contributed by atoms with van der Waals surface area (Å²) >= 11 is 1.82. The number of carbonyl (C=O) groups excluding carboxylic acids is 1. The zero-order chi connectivity index (χ0) is 14.1. The third kappa shape index (κ3) is 2.75. The number of amides is 1. The fourth-order valence-electron chi connectivity index (χ4n) is 2.56. The van der Waals surface area contributed by atoms with Crippen LogP contribution in [0.15, 0.2) is 36.7 Å². The number of rotatable bonds is 4. The van der Waals surface area contributed by atoms with Crippen molar-refractivity contribution in [3.63, 3.8) is 0 Å². The van der Waals surface area contributed by atoms with Crippen molar-refractivity contribution in [2.75, 3.05) is 7.05 Å². The van der Waals surface area contributed by atoms with Gasteiger partial charge in [0.2, 0.25) is 5.91 Å². The van der Waals surface area contributed by atoms with Gasteiger partial charge in [0.1, 0.15) is 0 Å². The maximum Gasteiger partial charge on any atom is 0.226 e. The van der Waals surface area contributed by atoms with E-state index in [4.69, 9.17) is 0 Å². The first-order valence-corrected chi connectivity index (χ1v) is 7.67. The van der Waals surface area contributed by atoms with E-state index in [1.807, 2.05) is 35.4 Å². The maximum atomic E-state index is 12.4. The highest BCUT2D eigenvalue weighted by atomic mass is 32.1. The van der Waals surface area contributed by atoms with E-state index in [0.717, 1.165) is 12.0 Å². The highest BCUT2D eigenvalue weighted by molar-refractivity contribution is 7.12. The molecule has 4 heteroatoms. The molecule has 104 valence electrons. The maximum absolute atomic E-state index is 12.4. The summed E-state index contributed by atoms with van der Waals surface area (Å²) in [6.07, 6.45) is 4.53. The van der Waals surface area contributed by atoms with Crippen molar-refractivity contribution in [1.82, 2.24) is 9.88 Å². The third-order valence-corrected chi connectivity index (χ3v) is 4.91. The second kappa shape index (κ2) is 5.37. The molecule has 20 heavy (non-hydrogen) atoms. The van der Waals surface area contributed by atoms with E-state index in [-0.39, 0.29) is 11.8 Å². The smallest absolute Gasteiger partial charge is 0.226 e. The summed E-state index contributed by atoms with van der Waals surface area (Å²) in [5, 5.41) is 0. The van der Waals surface area contributed by atoms with E-state index in [0.29, 0.717) is 12.5 Å². The van der Waals surface area contributed by atoms with Gasteiger partial charge in [0, 0.05) is 47.6 Å². The molecular formula is C16H18N2OS. The number of hydrogen-bond acceptors (Lipinski definition) is 3. The number of aryl methyl sites for hydroxylation is 1. The molecule has 2 atom stereocenters. The Kier molecular flexibility index (Phi) is 3.57. The molecule has 0 saturated heterocycles. The molecule has 0 aromatic carbocycles. The number of aromatic nitrogens is 1. The normalized spacial score (nSPS) is 20.7. The van der Waals surface area contributed by atoms with Crippen molar-refractivity contribution in [1.29, 1.82) is 0 Å². The lowest BCUT2D eigenvalue weighted by atomic mass is 10.2. The number of thiophene rings is 1. The summed E-state index contributed by atoms with van der Waals surface area (Å²) < 4.78 is 0. The van der Waals surface area contributed by atoms with Crippen LogP contribution in [0.3, 0.4) is 0 Å². The first-order valence-electron chi connectivity index (χ1n) is 6.85. The Balaban J connectivity index is 1.60. The lowest BCUT2D eigenvalue weighted by Gasteiger charge is -2.17. The van der Waals surface area contributed by atoms with Crippen LogP contribution in [0.4, 0.5) is 0 Å². The molecular weight excluding hydrogens is 268 g/mol. The quantitative estimate of drug-likeness (QED) is 0.864. The van der Waals surface area contributed by atoms with Crippen LogP contribution < -0.4 is 0 Å². The Hall–Kier alpha value is -1.68. The Morgan fingerprint density at radius 2 is 2.10 bits per heavy atom. The lowest BCUT2D eigenvalue weighted by Crippen LogP contribution is -2.28. The predicted molar refractivity (Wildman–Crippen MR) is 80.6 cm³/mol. The van der Waals surface area contributed by atoms with Crippen LogP contribution in [0.1, 0.15) is 27.7 Å². The zero-order valence-corrected chi connectivity index (χ0v) is 12.6. The molecule has 1 aliphatic rings. The fourth-order valence-corrected chi connectivity index (χ4v) is 3.61. The Morgan fingerprint density at radius 1 is 1.35 bits per heavy atom. The molecule has 0 unspecified atom stereocenters. The van der Waals surface area contributed by atoms with Gasteiger partial charge in [-0.05, 0) is 43.2 Å². The van der Waals surface area contributed by atoms with Crippen LogP contribution in [-0.4, -0.2) is 22.8 Å². The van der Waals surface area contributed by atoms with Crippen LogP contribution in [0.25, 0.3) is 0 Å². The largest absolute Gasteiger partial charge is 0.341 e. The molecule has 0 aliphatic heterocycles. The van der Waals surface area contributed by atoms with E-state index in [2.05, 4.69) is 24.0 Å². The summed E-state index contributed by atoms with van der Waals surface area (Å²) in [6.45, 7) is 2.77. The highest BCUT2D eigenvalue weighted by Gasteiger charge is 2.45. The molecule has 0 radical (unpaired) electrons. The van der Waals surface area contributed by atoms with Gasteiger partial charge in [-0.2, -0.15) is 0 Å². The van der Waals surface area contributed by atoms with Gasteiger partial charge < -0.3 is 4.90 Å². The van der Waals surface area contributed by atoms with Crippen molar-refractivity contribution < 1.29 is 4.79 Å². The molecule has 3 nitrogen and oxygen atoms in total. The van der Waals surface area contributed by atoms with Gasteiger partial charge in [-0.25, -0.2) is 0 Å². The predicted octanol–water partition coefficient (Wildman–Crippen LogP) is 3.21. The second-order valence-corrected chi connectivity index (χ2v) is 6.77. The summed E-state index contributed by atoms with van der Waals surface area (Å²) in [4.78, 5) is 20.9. The molecule has 1 fully saturated rings. The molecule has 0 spiro atoms. The summed E-state index contributed by atoms with van der Waals surface area (Å²) in [7, 11) is 1.89. The van der Waals surface area contributed by atoms with Crippen LogP contribution in [0.5, 0.6) is 0 Å². The van der Waals surface area contributed by atoms with Crippen molar-refractivity contribution in [3.05, 3.63) is 52.0 Å². The van der Waals surface area contributed by atoms with Gasteiger partial charge in [0.15, 0.2) is 0 Å². The van der Waals surface area contributed by atoms with Crippen LogP contribution in [0.2, 0.25) is 0 Å². The van der Waals surface area contributed by atoms with Gasteiger partial charge in [-0.3, -0.25) is 9.78 Å². The Bertz CT molecular complexity index is 608. The molecule has 2 aromatic rings. The van der Waals surface area contributed by atoms with E-state index in [9.17, 15) is 4.79 Å². The lowest BCUT2D eigenvalue weighted by molar-refractivity contribution is -0.131. The number of pyridine rings is 1. The molecule has 1 amide bonds. The molecule has 2 heterocycles. The monoisotopic (exact) mass is 286 g/mol. The minimum Gasteiger partial charge on any atom is -0.341 e. The molecule has 1 aliphatic carbocycles. The first-order chi connectivity index (χ1) is 9.65. The fraction of sp³-hybridized carbons (Fsp3) is 0.375. The number of nitrogens with zero attached hydrogens (tertiary/aromatic N) is 2. The summed E-state index contributed by atoms with van der Waals surface area (Å²) in [5.41, 5.74) is 1.13. The Morgan fingerprint density at radius 3 is 2.75 bits per heavy atom. The van der Waals surface area contributed by atoms with Crippen molar-refractivity contribution >= 4 is 17.2 Å². The van der Waals surface area contributed by atoms with E-state index >= 15 is 0 Å². The average Bonchev–Trinajstić information content (AvgIpc) is 3.14. The summed E-state index contributed by atoms with van der Waals surface area (Å²) in [5.74, 6) is 0.888. The van der Waals surface area contributed by atoms with E-state index in [1.165, 1.54) is 9.75 Å². The van der Waals surface area contributed by atoms with Crippen molar-refractivity contribution in [2.45, 2.75) is 25.8 Å². The summed E-state index contributed by atoms with van der Waals surface area (Å²) in [6, 6.07) is 8.22. The van der Waals surface area contributed by atoms with E-state index in [1.54, 1.807) is 12.4 Å². The second-order valence-electron chi connectivity index (χ2n) is 5.45. The third-order valence-electron chi connectivity index (χ3n) is 3.78. The SMILES string of the molecule is Cc1ccc([C@@H]2C[C@@H]2C(=O)N(C)Cc2ccncc2)s1. The first kappa shape index (κ1) is 13.3. The minimum absolute atomic E-state index is 0.180. The average molecular weight is 286 g/mol. The van der Waals surface area contributed by atoms with Crippen molar-refractivity contribution in [2.24, 2.45) is 5.92 Å². The van der Waals surface area contributed by atoms with Crippen LogP contribution in [0, 0.1) is 12.8 Å². The van der Waals surface area contributed by atoms with Gasteiger partial charge in [0.05, 0.1) is 0 Å². The highest BCUT2D eigenvalue weighted by Crippen LogP contribution is 2.50. The Labute approximate surface area is 123 Å². The topological polar surface area (TPSA) is 33.2 Å². The van der Waals surface area contributed by atoms with Gasteiger partial charge in [0.25, 0.3) is 0 Å². The van der Waals surface area contributed by atoms with Gasteiger partial charge >= 0.3 is 0 Å². The molecule has 2 aromatic heterocycles. The molecule has 0 bridgehead atoms. The zero-order valence-electron chi connectivity index (χ0n) is 11.7. The molecule has 0 N–H and O–H groups in total. The number of hydrogen-bond donors (Lipinski definition) is 0. The van der Waals surface area contributed by atoms with Gasteiger partial charge in [-0.15, -0.1) is 11.3 Å².